The summed E-state index contributed by atoms with van der Waals surface area (Å²) in [6.07, 6.45) is 0. The van der Waals surface area contributed by atoms with Crippen molar-refractivity contribution in [1.82, 2.24) is 14.8 Å². The second kappa shape index (κ2) is 10.4. The molecule has 0 bridgehead atoms. The molecule has 1 amide bonds. The van der Waals surface area contributed by atoms with Crippen LogP contribution >= 0.6 is 11.8 Å². The monoisotopic (exact) mass is 458 g/mol. The zero-order valence-electron chi connectivity index (χ0n) is 18.9. The van der Waals surface area contributed by atoms with Gasteiger partial charge in [0.05, 0.1) is 5.75 Å². The van der Waals surface area contributed by atoms with Gasteiger partial charge in [-0.3, -0.25) is 9.36 Å². The number of hydrogen-bond donors (Lipinski definition) is 1. The molecule has 1 N–H and O–H groups in total. The van der Waals surface area contributed by atoms with Gasteiger partial charge in [-0.2, -0.15) is 0 Å². The van der Waals surface area contributed by atoms with Crippen LogP contribution < -0.4 is 10.1 Å². The van der Waals surface area contributed by atoms with Gasteiger partial charge in [0.15, 0.2) is 11.0 Å². The maximum Gasteiger partial charge on any atom is 0.234 e. The van der Waals surface area contributed by atoms with Crippen LogP contribution in [0.4, 0.5) is 5.69 Å². The molecule has 0 saturated carbocycles. The minimum Gasteiger partial charge on any atom is -0.486 e. The normalized spacial score (nSPS) is 10.8. The van der Waals surface area contributed by atoms with Crippen molar-refractivity contribution in [3.63, 3.8) is 0 Å². The first-order valence-electron chi connectivity index (χ1n) is 10.7. The average molecular weight is 459 g/mol. The number of aromatic nitrogens is 3. The highest BCUT2D eigenvalue weighted by Gasteiger charge is 2.17. The van der Waals surface area contributed by atoms with Gasteiger partial charge in [-0.05, 0) is 68.3 Å². The standard InChI is InChI=1S/C26H26N4O2S/c1-18-9-13-22(14-10-18)30-24(16-32-23-7-5-4-6-8-23)28-29-26(30)33-17-25(31)27-21-12-11-19(2)20(3)15-21/h4-15H,16-17H2,1-3H3,(H,27,31). The Morgan fingerprint density at radius 1 is 0.939 bits per heavy atom. The van der Waals surface area contributed by atoms with Crippen molar-refractivity contribution in [3.05, 3.63) is 95.3 Å². The lowest BCUT2D eigenvalue weighted by molar-refractivity contribution is -0.113. The van der Waals surface area contributed by atoms with Gasteiger partial charge in [-0.1, -0.05) is 53.7 Å². The van der Waals surface area contributed by atoms with E-state index in [2.05, 4.69) is 15.5 Å². The van der Waals surface area contributed by atoms with Crippen LogP contribution in [-0.2, 0) is 11.4 Å². The summed E-state index contributed by atoms with van der Waals surface area (Å²) in [4.78, 5) is 12.6. The van der Waals surface area contributed by atoms with E-state index >= 15 is 0 Å². The molecule has 4 aromatic rings. The van der Waals surface area contributed by atoms with Crippen LogP contribution in [0.3, 0.4) is 0 Å². The van der Waals surface area contributed by atoms with E-state index in [1.165, 1.54) is 17.3 Å². The minimum atomic E-state index is -0.0937. The number of amides is 1. The summed E-state index contributed by atoms with van der Waals surface area (Å²) in [5.41, 5.74) is 5.22. The molecule has 4 rings (SSSR count). The molecule has 0 aliphatic carbocycles. The fourth-order valence-electron chi connectivity index (χ4n) is 3.25. The van der Waals surface area contributed by atoms with Gasteiger partial charge in [-0.25, -0.2) is 0 Å². The molecule has 0 aliphatic heterocycles. The molecule has 1 aromatic heterocycles. The van der Waals surface area contributed by atoms with Crippen LogP contribution in [0.25, 0.3) is 5.69 Å². The van der Waals surface area contributed by atoms with Crippen LogP contribution in [0.5, 0.6) is 5.75 Å². The molecular formula is C26H26N4O2S. The van der Waals surface area contributed by atoms with Gasteiger partial charge >= 0.3 is 0 Å². The summed E-state index contributed by atoms with van der Waals surface area (Å²) in [6, 6.07) is 23.6. The van der Waals surface area contributed by atoms with Crippen molar-refractivity contribution in [2.24, 2.45) is 0 Å². The number of carbonyl (C=O) groups is 1. The molecule has 168 valence electrons. The predicted molar refractivity (Wildman–Crippen MR) is 132 cm³/mol. The van der Waals surface area contributed by atoms with E-state index in [-0.39, 0.29) is 18.3 Å². The van der Waals surface area contributed by atoms with E-state index in [0.29, 0.717) is 11.0 Å². The number of ether oxygens (including phenoxy) is 1. The number of nitrogens with one attached hydrogen (secondary N) is 1. The number of carbonyl (C=O) groups excluding carboxylic acids is 1. The first-order chi connectivity index (χ1) is 16.0. The van der Waals surface area contributed by atoms with Crippen molar-refractivity contribution >= 4 is 23.4 Å². The Bertz CT molecular complexity index is 1240. The van der Waals surface area contributed by atoms with Gasteiger partial charge in [0.25, 0.3) is 0 Å². The SMILES string of the molecule is Cc1ccc(-n2c(COc3ccccc3)nnc2SCC(=O)Nc2ccc(C)c(C)c2)cc1. The number of aryl methyl sites for hydroxylation is 3. The van der Waals surface area contributed by atoms with E-state index in [1.54, 1.807) is 0 Å². The lowest BCUT2D eigenvalue weighted by atomic mass is 10.1. The van der Waals surface area contributed by atoms with Crippen molar-refractivity contribution < 1.29 is 9.53 Å². The van der Waals surface area contributed by atoms with E-state index in [1.807, 2.05) is 98.1 Å². The quantitative estimate of drug-likeness (QED) is 0.353. The molecule has 0 unspecified atom stereocenters. The highest BCUT2D eigenvalue weighted by Crippen LogP contribution is 2.24. The zero-order valence-corrected chi connectivity index (χ0v) is 19.7. The highest BCUT2D eigenvalue weighted by atomic mass is 32.2. The Morgan fingerprint density at radius 2 is 1.70 bits per heavy atom. The highest BCUT2D eigenvalue weighted by molar-refractivity contribution is 7.99. The lowest BCUT2D eigenvalue weighted by Crippen LogP contribution is -2.15. The molecule has 0 radical (unpaired) electrons. The molecule has 0 atom stereocenters. The first-order valence-corrected chi connectivity index (χ1v) is 11.7. The lowest BCUT2D eigenvalue weighted by Gasteiger charge is -2.12. The number of para-hydroxylation sites is 1. The van der Waals surface area contributed by atoms with Crippen LogP contribution in [-0.4, -0.2) is 26.4 Å². The average Bonchev–Trinajstić information content (AvgIpc) is 3.23. The Labute approximate surface area is 198 Å². The molecule has 0 aliphatic rings. The fraction of sp³-hybridized carbons (Fsp3) is 0.192. The summed E-state index contributed by atoms with van der Waals surface area (Å²) in [6.45, 7) is 6.39. The van der Waals surface area contributed by atoms with E-state index in [0.717, 1.165) is 28.3 Å². The molecule has 6 nitrogen and oxygen atoms in total. The van der Waals surface area contributed by atoms with Crippen molar-refractivity contribution in [1.29, 1.82) is 0 Å². The molecule has 0 fully saturated rings. The zero-order chi connectivity index (χ0) is 23.2. The minimum absolute atomic E-state index is 0.0937. The molecule has 33 heavy (non-hydrogen) atoms. The number of benzene rings is 3. The number of hydrogen-bond acceptors (Lipinski definition) is 5. The summed E-state index contributed by atoms with van der Waals surface area (Å²) < 4.78 is 7.85. The van der Waals surface area contributed by atoms with E-state index < -0.39 is 0 Å². The van der Waals surface area contributed by atoms with Crippen LogP contribution in [0.1, 0.15) is 22.5 Å². The largest absolute Gasteiger partial charge is 0.486 e. The van der Waals surface area contributed by atoms with Crippen LogP contribution in [0.15, 0.2) is 78.0 Å². The Morgan fingerprint density at radius 3 is 2.42 bits per heavy atom. The molecule has 1 heterocycles. The number of thioether (sulfide) groups is 1. The third-order valence-electron chi connectivity index (χ3n) is 5.23. The van der Waals surface area contributed by atoms with E-state index in [4.69, 9.17) is 4.74 Å². The first kappa shape index (κ1) is 22.6. The predicted octanol–water partition coefficient (Wildman–Crippen LogP) is 5.50. The Kier molecular flexibility index (Phi) is 7.10. The second-order valence-electron chi connectivity index (χ2n) is 7.81. The topological polar surface area (TPSA) is 69.0 Å². The number of nitrogens with zero attached hydrogens (tertiary/aromatic N) is 3. The number of rotatable bonds is 8. The van der Waals surface area contributed by atoms with Gasteiger partial charge < -0.3 is 10.1 Å². The van der Waals surface area contributed by atoms with Gasteiger partial charge in [0.2, 0.25) is 5.91 Å². The second-order valence-corrected chi connectivity index (χ2v) is 8.75. The Hall–Kier alpha value is -3.58. The van der Waals surface area contributed by atoms with Crippen molar-refractivity contribution in [2.45, 2.75) is 32.5 Å². The molecule has 0 spiro atoms. The Balaban J connectivity index is 1.50. The fourth-order valence-corrected chi connectivity index (χ4v) is 4.02. The van der Waals surface area contributed by atoms with Gasteiger partial charge in [0.1, 0.15) is 12.4 Å². The smallest absolute Gasteiger partial charge is 0.234 e. The number of anilines is 1. The molecule has 7 heteroatoms. The summed E-state index contributed by atoms with van der Waals surface area (Å²) in [5, 5.41) is 12.3. The van der Waals surface area contributed by atoms with Gasteiger partial charge in [0, 0.05) is 11.4 Å². The summed E-state index contributed by atoms with van der Waals surface area (Å²) in [7, 11) is 0. The summed E-state index contributed by atoms with van der Waals surface area (Å²) >= 11 is 1.35. The van der Waals surface area contributed by atoms with Crippen LogP contribution in [0.2, 0.25) is 0 Å². The molecular weight excluding hydrogens is 432 g/mol. The van der Waals surface area contributed by atoms with Crippen molar-refractivity contribution in [2.75, 3.05) is 11.1 Å². The maximum atomic E-state index is 12.6. The molecule has 0 saturated heterocycles. The summed E-state index contributed by atoms with van der Waals surface area (Å²) in [5.74, 6) is 1.55. The van der Waals surface area contributed by atoms with Gasteiger partial charge in [-0.15, -0.1) is 10.2 Å². The third-order valence-corrected chi connectivity index (χ3v) is 6.16. The van der Waals surface area contributed by atoms with E-state index in [9.17, 15) is 4.79 Å². The van der Waals surface area contributed by atoms with Crippen molar-refractivity contribution in [3.8, 4) is 11.4 Å². The third kappa shape index (κ3) is 5.81. The molecule has 3 aromatic carbocycles. The van der Waals surface area contributed by atoms with Crippen LogP contribution in [0, 0.1) is 20.8 Å². The maximum absolute atomic E-state index is 12.6.